The third kappa shape index (κ3) is 2.70. The Bertz CT molecular complexity index is 773. The third-order valence-electron chi connectivity index (χ3n) is 4.27. The van der Waals surface area contributed by atoms with Gasteiger partial charge in [-0.15, -0.1) is 0 Å². The lowest BCUT2D eigenvalue weighted by molar-refractivity contribution is -0.143. The number of benzene rings is 1. The van der Waals surface area contributed by atoms with Crippen molar-refractivity contribution in [2.75, 3.05) is 6.61 Å². The summed E-state index contributed by atoms with van der Waals surface area (Å²) in [6.07, 6.45) is -0.235. The number of rotatable bonds is 3. The summed E-state index contributed by atoms with van der Waals surface area (Å²) in [5.41, 5.74) is 4.33. The number of carbonyl (C=O) groups excluding carboxylic acids is 2. The Hall–Kier alpha value is -2.56. The lowest BCUT2D eigenvalue weighted by Gasteiger charge is -2.29. The summed E-state index contributed by atoms with van der Waals surface area (Å²) >= 11 is 0. The van der Waals surface area contributed by atoms with Crippen LogP contribution >= 0.6 is 0 Å². The molecule has 2 aliphatic rings. The highest BCUT2D eigenvalue weighted by atomic mass is 16.5. The predicted octanol–water partition coefficient (Wildman–Crippen LogP) is 2.72. The quantitative estimate of drug-likeness (QED) is 0.865. The largest absolute Gasteiger partial charge is 0.460 e. The van der Waals surface area contributed by atoms with Crippen LogP contribution in [0.15, 0.2) is 46.8 Å². The molecule has 1 atom stereocenters. The van der Waals surface area contributed by atoms with Crippen LogP contribution in [0.3, 0.4) is 0 Å². The van der Waals surface area contributed by atoms with E-state index in [1.54, 1.807) is 13.8 Å². The summed E-state index contributed by atoms with van der Waals surface area (Å²) in [5, 5.41) is 3.14. The average Bonchev–Trinajstić information content (AvgIpc) is 2.86. The maximum atomic E-state index is 12.7. The number of aryl methyl sites for hydroxylation is 1. The van der Waals surface area contributed by atoms with Gasteiger partial charge in [0.25, 0.3) is 0 Å². The van der Waals surface area contributed by atoms with E-state index in [2.05, 4.69) is 5.32 Å². The molecule has 126 valence electrons. The Morgan fingerprint density at radius 3 is 2.67 bits per heavy atom. The molecule has 2 aliphatic heterocycles. The monoisotopic (exact) mass is 327 g/mol. The Morgan fingerprint density at radius 2 is 2.00 bits per heavy atom. The van der Waals surface area contributed by atoms with Crippen LogP contribution in [0.25, 0.3) is 0 Å². The first-order chi connectivity index (χ1) is 11.4. The number of hydrogen-bond acceptors (Lipinski definition) is 5. The summed E-state index contributed by atoms with van der Waals surface area (Å²) in [6.45, 7) is 7.62. The molecule has 0 saturated carbocycles. The van der Waals surface area contributed by atoms with E-state index in [0.29, 0.717) is 16.8 Å². The Labute approximate surface area is 141 Å². The smallest absolute Gasteiger partial charge is 0.337 e. The van der Waals surface area contributed by atoms with E-state index >= 15 is 0 Å². The van der Waals surface area contributed by atoms with Gasteiger partial charge in [-0.05, 0) is 38.8 Å². The van der Waals surface area contributed by atoms with Gasteiger partial charge in [0.05, 0.1) is 28.9 Å². The fourth-order valence-electron chi connectivity index (χ4n) is 3.24. The summed E-state index contributed by atoms with van der Waals surface area (Å²) in [6, 6.07) is 7.76. The maximum absolute atomic E-state index is 12.7. The molecule has 1 aromatic rings. The normalized spacial score (nSPS) is 20.0. The minimum atomic E-state index is -0.469. The molecule has 0 radical (unpaired) electrons. The van der Waals surface area contributed by atoms with E-state index in [0.717, 1.165) is 16.8 Å². The first-order valence-electron chi connectivity index (χ1n) is 8.04. The van der Waals surface area contributed by atoms with E-state index in [1.807, 2.05) is 38.1 Å². The molecule has 0 saturated heterocycles. The van der Waals surface area contributed by atoms with Crippen LogP contribution in [-0.2, 0) is 19.1 Å². The number of hydrogen-bond donors (Lipinski definition) is 1. The molecule has 0 aliphatic carbocycles. The zero-order valence-corrected chi connectivity index (χ0v) is 14.3. The number of ether oxygens (including phenoxy) is 2. The highest BCUT2D eigenvalue weighted by Gasteiger charge is 2.42. The van der Waals surface area contributed by atoms with Crippen LogP contribution in [0.1, 0.15) is 37.8 Å². The van der Waals surface area contributed by atoms with Crippen LogP contribution in [0.4, 0.5) is 0 Å². The number of dihydropyridines is 1. The van der Waals surface area contributed by atoms with Crippen molar-refractivity contribution in [3.63, 3.8) is 0 Å². The van der Waals surface area contributed by atoms with Gasteiger partial charge in [-0.2, -0.15) is 0 Å². The number of carbonyl (C=O) groups is 2. The van der Waals surface area contributed by atoms with Gasteiger partial charge in [0.15, 0.2) is 0 Å². The maximum Gasteiger partial charge on any atom is 0.337 e. The van der Waals surface area contributed by atoms with Crippen molar-refractivity contribution in [1.29, 1.82) is 0 Å². The van der Waals surface area contributed by atoms with E-state index in [9.17, 15) is 9.59 Å². The molecular formula is C19H21NO4. The second-order valence-electron chi connectivity index (χ2n) is 6.38. The second-order valence-corrected chi connectivity index (χ2v) is 6.38. The topological polar surface area (TPSA) is 64.6 Å². The highest BCUT2D eigenvalue weighted by Crippen LogP contribution is 2.42. The molecule has 1 N–H and O–H groups in total. The fourth-order valence-corrected chi connectivity index (χ4v) is 3.24. The van der Waals surface area contributed by atoms with Crippen LogP contribution in [0.2, 0.25) is 0 Å². The molecule has 1 aromatic carbocycles. The molecule has 0 aromatic heterocycles. The summed E-state index contributed by atoms with van der Waals surface area (Å²) < 4.78 is 10.6. The zero-order chi connectivity index (χ0) is 17.4. The van der Waals surface area contributed by atoms with Crippen LogP contribution in [-0.4, -0.2) is 24.6 Å². The molecular weight excluding hydrogens is 306 g/mol. The van der Waals surface area contributed by atoms with Crippen molar-refractivity contribution in [3.8, 4) is 0 Å². The molecule has 5 heteroatoms. The highest BCUT2D eigenvalue weighted by molar-refractivity contribution is 6.01. The predicted molar refractivity (Wildman–Crippen MR) is 89.0 cm³/mol. The SMILES string of the molecule is CC1=C(C(=O)OC(C)C)[C@@H](c2ccccc2C)C2=C(COC2=O)N1. The first-order valence-corrected chi connectivity index (χ1v) is 8.04. The molecule has 24 heavy (non-hydrogen) atoms. The fraction of sp³-hybridized carbons (Fsp3) is 0.368. The number of allylic oxidation sites excluding steroid dienone is 1. The third-order valence-corrected chi connectivity index (χ3v) is 4.27. The van der Waals surface area contributed by atoms with Crippen molar-refractivity contribution in [3.05, 3.63) is 57.9 Å². The molecule has 0 bridgehead atoms. The Balaban J connectivity index is 2.15. The van der Waals surface area contributed by atoms with E-state index in [1.165, 1.54) is 0 Å². The van der Waals surface area contributed by atoms with Crippen LogP contribution < -0.4 is 5.32 Å². The van der Waals surface area contributed by atoms with Gasteiger partial charge in [0, 0.05) is 5.70 Å². The molecule has 0 unspecified atom stereocenters. The Morgan fingerprint density at radius 1 is 1.29 bits per heavy atom. The zero-order valence-electron chi connectivity index (χ0n) is 14.3. The van der Waals surface area contributed by atoms with Gasteiger partial charge in [-0.1, -0.05) is 24.3 Å². The lowest BCUT2D eigenvalue weighted by atomic mass is 9.79. The molecule has 0 amide bonds. The van der Waals surface area contributed by atoms with Gasteiger partial charge in [0.2, 0.25) is 0 Å². The van der Waals surface area contributed by atoms with Gasteiger partial charge < -0.3 is 14.8 Å². The summed E-state index contributed by atoms with van der Waals surface area (Å²) in [5.74, 6) is -1.26. The molecule has 5 nitrogen and oxygen atoms in total. The summed E-state index contributed by atoms with van der Waals surface area (Å²) in [7, 11) is 0. The first kappa shape index (κ1) is 16.3. The van der Waals surface area contributed by atoms with E-state index in [-0.39, 0.29) is 18.7 Å². The minimum Gasteiger partial charge on any atom is -0.460 e. The number of cyclic esters (lactones) is 1. The number of nitrogens with one attached hydrogen (secondary N) is 1. The molecule has 2 heterocycles. The molecule has 3 rings (SSSR count). The second kappa shape index (κ2) is 6.15. The Kier molecular flexibility index (Phi) is 4.18. The minimum absolute atomic E-state index is 0.209. The van der Waals surface area contributed by atoms with E-state index < -0.39 is 11.9 Å². The van der Waals surface area contributed by atoms with Crippen molar-refractivity contribution >= 4 is 11.9 Å². The standard InChI is InChI=1S/C19H21NO4/c1-10(2)24-19(22)15-12(4)20-14-9-23-18(21)17(14)16(15)13-8-6-5-7-11(13)3/h5-8,10,16,20H,9H2,1-4H3/t16-/m1/s1. The summed E-state index contributed by atoms with van der Waals surface area (Å²) in [4.78, 5) is 25.0. The van der Waals surface area contributed by atoms with Gasteiger partial charge in [-0.25, -0.2) is 9.59 Å². The van der Waals surface area contributed by atoms with Crippen LogP contribution in [0.5, 0.6) is 0 Å². The van der Waals surface area contributed by atoms with Gasteiger partial charge in [-0.3, -0.25) is 0 Å². The van der Waals surface area contributed by atoms with E-state index in [4.69, 9.17) is 9.47 Å². The van der Waals surface area contributed by atoms with Crippen LogP contribution in [0, 0.1) is 6.92 Å². The number of esters is 2. The van der Waals surface area contributed by atoms with Crippen molar-refractivity contribution < 1.29 is 19.1 Å². The van der Waals surface area contributed by atoms with Crippen molar-refractivity contribution in [2.45, 2.75) is 39.7 Å². The lowest BCUT2D eigenvalue weighted by Crippen LogP contribution is -2.31. The van der Waals surface area contributed by atoms with Crippen molar-refractivity contribution in [1.82, 2.24) is 5.32 Å². The average molecular weight is 327 g/mol. The molecule has 0 fully saturated rings. The van der Waals surface area contributed by atoms with Crippen molar-refractivity contribution in [2.24, 2.45) is 0 Å². The molecule has 0 spiro atoms. The van der Waals surface area contributed by atoms with Gasteiger partial charge >= 0.3 is 11.9 Å². The van der Waals surface area contributed by atoms with Gasteiger partial charge in [0.1, 0.15) is 6.61 Å².